The summed E-state index contributed by atoms with van der Waals surface area (Å²) in [6.45, 7) is 7.03. The zero-order valence-corrected chi connectivity index (χ0v) is 16.6. The Hall–Kier alpha value is -2.67. The van der Waals surface area contributed by atoms with Crippen molar-refractivity contribution in [2.45, 2.75) is 45.8 Å². The molecule has 1 aliphatic rings. The summed E-state index contributed by atoms with van der Waals surface area (Å²) in [5, 5.41) is 8.48. The van der Waals surface area contributed by atoms with Gasteiger partial charge in [0.1, 0.15) is 17.2 Å². The zero-order valence-electron chi connectivity index (χ0n) is 16.6. The van der Waals surface area contributed by atoms with E-state index < -0.39 is 0 Å². The summed E-state index contributed by atoms with van der Waals surface area (Å²) in [7, 11) is 0. The summed E-state index contributed by atoms with van der Waals surface area (Å²) in [6.07, 6.45) is 3.15. The molecule has 0 unspecified atom stereocenters. The van der Waals surface area contributed by atoms with Crippen molar-refractivity contribution in [3.8, 4) is 11.1 Å². The van der Waals surface area contributed by atoms with Gasteiger partial charge in [-0.3, -0.25) is 5.41 Å². The van der Waals surface area contributed by atoms with E-state index >= 15 is 0 Å². The molecule has 5 N–H and O–H groups in total. The summed E-state index contributed by atoms with van der Waals surface area (Å²) < 4.78 is 19.8. The Morgan fingerprint density at radius 3 is 2.57 bits per heavy atom. The number of nitrogens with two attached hydrogens (primary N) is 2. The van der Waals surface area contributed by atoms with Crippen molar-refractivity contribution in [1.29, 1.82) is 5.41 Å². The number of ether oxygens (including phenoxy) is 1. The van der Waals surface area contributed by atoms with Crippen molar-refractivity contribution in [1.82, 2.24) is 4.98 Å². The normalized spacial score (nSPS) is 15.1. The topological polar surface area (TPSA) is 101 Å². The standard InChI is InChI=1S/C21H28FN5O/c1-12(2)28-21(25)18-19(27-6-4-16(23)5-7-27)17(11-26-20(18)24)14-8-13(3)9-15(22)10-14/h8-12,16,25H,4-7,23H2,1-3H3,(H2,24,26). The highest BCUT2D eigenvalue weighted by atomic mass is 19.1. The largest absolute Gasteiger partial charge is 0.475 e. The number of benzene rings is 1. The van der Waals surface area contributed by atoms with Crippen LogP contribution in [0.2, 0.25) is 0 Å². The smallest absolute Gasteiger partial charge is 0.219 e. The predicted molar refractivity (Wildman–Crippen MR) is 111 cm³/mol. The minimum Gasteiger partial charge on any atom is -0.475 e. The van der Waals surface area contributed by atoms with Crippen LogP contribution in [0.4, 0.5) is 15.9 Å². The van der Waals surface area contributed by atoms with Gasteiger partial charge in [0.25, 0.3) is 0 Å². The second-order valence-electron chi connectivity index (χ2n) is 7.62. The van der Waals surface area contributed by atoms with Crippen molar-refractivity contribution in [3.05, 3.63) is 41.3 Å². The fraction of sp³-hybridized carbons (Fsp3) is 0.429. The highest BCUT2D eigenvalue weighted by Crippen LogP contribution is 2.38. The lowest BCUT2D eigenvalue weighted by molar-refractivity contribution is 0.227. The van der Waals surface area contributed by atoms with Crippen molar-refractivity contribution in [2.24, 2.45) is 5.73 Å². The number of nitrogens with zero attached hydrogens (tertiary/aromatic N) is 2. The first-order valence-electron chi connectivity index (χ1n) is 9.58. The molecule has 1 aromatic heterocycles. The van der Waals surface area contributed by atoms with Crippen molar-refractivity contribution in [3.63, 3.8) is 0 Å². The quantitative estimate of drug-likeness (QED) is 0.553. The van der Waals surface area contributed by atoms with Crippen molar-refractivity contribution < 1.29 is 9.13 Å². The van der Waals surface area contributed by atoms with Crippen LogP contribution in [0.3, 0.4) is 0 Å². The number of nitrogens with one attached hydrogen (secondary N) is 1. The third-order valence-electron chi connectivity index (χ3n) is 4.87. The first-order chi connectivity index (χ1) is 13.3. The maximum absolute atomic E-state index is 14.1. The molecule has 0 aliphatic carbocycles. The summed E-state index contributed by atoms with van der Waals surface area (Å²) in [5.74, 6) is -0.110. The Kier molecular flexibility index (Phi) is 5.84. The van der Waals surface area contributed by atoms with E-state index in [9.17, 15) is 4.39 Å². The third-order valence-corrected chi connectivity index (χ3v) is 4.87. The molecule has 6 nitrogen and oxygen atoms in total. The van der Waals surface area contributed by atoms with Gasteiger partial charge in [0, 0.05) is 30.9 Å². The molecule has 1 fully saturated rings. The zero-order chi connectivity index (χ0) is 20.4. The lowest BCUT2D eigenvalue weighted by Crippen LogP contribution is -2.40. The molecular formula is C21H28FN5O. The molecule has 2 aromatic rings. The van der Waals surface area contributed by atoms with Gasteiger partial charge in [0.2, 0.25) is 5.90 Å². The number of aryl methyl sites for hydroxylation is 1. The van der Waals surface area contributed by atoms with Gasteiger partial charge in [0.05, 0.1) is 11.8 Å². The average molecular weight is 385 g/mol. The predicted octanol–water partition coefficient (Wildman–Crippen LogP) is 3.46. The summed E-state index contributed by atoms with van der Waals surface area (Å²) in [6, 6.07) is 5.03. The number of pyridine rings is 1. The lowest BCUT2D eigenvalue weighted by atomic mass is 9.97. The number of piperidine rings is 1. The van der Waals surface area contributed by atoms with Crippen LogP contribution in [0, 0.1) is 18.2 Å². The van der Waals surface area contributed by atoms with Gasteiger partial charge in [-0.05, 0) is 56.9 Å². The molecule has 1 saturated heterocycles. The number of anilines is 2. The molecule has 0 amide bonds. The van der Waals surface area contributed by atoms with Gasteiger partial charge >= 0.3 is 0 Å². The first kappa shape index (κ1) is 20.1. The third kappa shape index (κ3) is 4.25. The van der Waals surface area contributed by atoms with E-state index in [1.165, 1.54) is 12.1 Å². The highest BCUT2D eigenvalue weighted by Gasteiger charge is 2.27. The fourth-order valence-corrected chi connectivity index (χ4v) is 3.59. The van der Waals surface area contributed by atoms with E-state index in [4.69, 9.17) is 21.6 Å². The molecular weight excluding hydrogens is 357 g/mol. The van der Waals surface area contributed by atoms with Crippen LogP contribution in [-0.4, -0.2) is 36.1 Å². The fourth-order valence-electron chi connectivity index (χ4n) is 3.59. The Bertz CT molecular complexity index is 855. The van der Waals surface area contributed by atoms with Crippen LogP contribution in [0.25, 0.3) is 11.1 Å². The van der Waals surface area contributed by atoms with Crippen LogP contribution >= 0.6 is 0 Å². The maximum Gasteiger partial charge on any atom is 0.219 e. The molecule has 2 heterocycles. The van der Waals surface area contributed by atoms with Crippen LogP contribution in [0.1, 0.15) is 37.8 Å². The van der Waals surface area contributed by atoms with Gasteiger partial charge in [0.15, 0.2) is 0 Å². The van der Waals surface area contributed by atoms with Crippen LogP contribution in [0.15, 0.2) is 24.4 Å². The highest BCUT2D eigenvalue weighted by molar-refractivity contribution is 6.05. The van der Waals surface area contributed by atoms with Crippen LogP contribution in [-0.2, 0) is 4.74 Å². The SMILES string of the molecule is Cc1cc(F)cc(-c2cnc(N)c(C(=N)OC(C)C)c2N2CCC(N)CC2)c1. The van der Waals surface area contributed by atoms with Gasteiger partial charge in [-0.2, -0.15) is 0 Å². The monoisotopic (exact) mass is 385 g/mol. The van der Waals surface area contributed by atoms with Gasteiger partial charge < -0.3 is 21.1 Å². The second kappa shape index (κ2) is 8.14. The average Bonchev–Trinajstić information content (AvgIpc) is 2.60. The van der Waals surface area contributed by atoms with Gasteiger partial charge in [-0.15, -0.1) is 0 Å². The van der Waals surface area contributed by atoms with Gasteiger partial charge in [-0.25, -0.2) is 9.37 Å². The number of nitrogen functional groups attached to an aromatic ring is 1. The molecule has 0 saturated carbocycles. The molecule has 0 atom stereocenters. The molecule has 7 heteroatoms. The number of aromatic nitrogens is 1. The molecule has 0 radical (unpaired) electrons. The Morgan fingerprint density at radius 1 is 1.29 bits per heavy atom. The number of rotatable bonds is 4. The summed E-state index contributed by atoms with van der Waals surface area (Å²) in [5.41, 5.74) is 15.7. The van der Waals surface area contributed by atoms with E-state index in [0.717, 1.165) is 42.7 Å². The van der Waals surface area contributed by atoms with Crippen molar-refractivity contribution in [2.75, 3.05) is 23.7 Å². The minimum absolute atomic E-state index is 0.0279. The molecule has 1 aliphatic heterocycles. The van der Waals surface area contributed by atoms with E-state index in [1.807, 2.05) is 26.8 Å². The minimum atomic E-state index is -0.312. The molecule has 3 rings (SSSR count). The maximum atomic E-state index is 14.1. The first-order valence-corrected chi connectivity index (χ1v) is 9.58. The Labute approximate surface area is 165 Å². The second-order valence-corrected chi connectivity index (χ2v) is 7.62. The van der Waals surface area contributed by atoms with Crippen LogP contribution in [0.5, 0.6) is 0 Å². The molecule has 1 aromatic carbocycles. The van der Waals surface area contributed by atoms with Crippen LogP contribution < -0.4 is 16.4 Å². The molecule has 28 heavy (non-hydrogen) atoms. The van der Waals surface area contributed by atoms with E-state index in [1.54, 1.807) is 6.20 Å². The van der Waals surface area contributed by atoms with Gasteiger partial charge in [-0.1, -0.05) is 6.07 Å². The summed E-state index contributed by atoms with van der Waals surface area (Å²) >= 11 is 0. The Balaban J connectivity index is 2.20. The van der Waals surface area contributed by atoms with Crippen molar-refractivity contribution >= 4 is 17.4 Å². The Morgan fingerprint density at radius 2 is 1.96 bits per heavy atom. The number of hydrogen-bond donors (Lipinski definition) is 3. The van der Waals surface area contributed by atoms with E-state index in [0.29, 0.717) is 11.1 Å². The molecule has 0 spiro atoms. The van der Waals surface area contributed by atoms with E-state index in [2.05, 4.69) is 9.88 Å². The number of halogens is 1. The summed E-state index contributed by atoms with van der Waals surface area (Å²) in [4.78, 5) is 6.45. The molecule has 150 valence electrons. The lowest BCUT2D eigenvalue weighted by Gasteiger charge is -2.35. The van der Waals surface area contributed by atoms with E-state index in [-0.39, 0.29) is 29.7 Å². The number of hydrogen-bond acceptors (Lipinski definition) is 6. The molecule has 0 bridgehead atoms.